The molecular formula is C15H16FN3O3. The first kappa shape index (κ1) is 15.7. The monoisotopic (exact) mass is 305 g/mol. The number of aliphatic hydroxyl groups excluding tert-OH is 1. The lowest BCUT2D eigenvalue weighted by molar-refractivity contribution is 0.108. The summed E-state index contributed by atoms with van der Waals surface area (Å²) in [7, 11) is 0. The Morgan fingerprint density at radius 1 is 1.32 bits per heavy atom. The molecule has 2 aromatic rings. The molecule has 0 saturated carbocycles. The van der Waals surface area contributed by atoms with E-state index in [4.69, 9.17) is 4.74 Å². The topological polar surface area (TPSA) is 83.5 Å². The van der Waals surface area contributed by atoms with Gasteiger partial charge in [0, 0.05) is 18.8 Å². The molecule has 0 spiro atoms. The van der Waals surface area contributed by atoms with Gasteiger partial charge in [0.05, 0.1) is 0 Å². The number of nitrogens with one attached hydrogen (secondary N) is 2. The van der Waals surface area contributed by atoms with Gasteiger partial charge in [-0.15, -0.1) is 0 Å². The summed E-state index contributed by atoms with van der Waals surface area (Å²) in [5.41, 5.74) is 0. The second kappa shape index (κ2) is 7.94. The third kappa shape index (κ3) is 5.37. The highest BCUT2D eigenvalue weighted by molar-refractivity contribution is 5.88. The zero-order valence-corrected chi connectivity index (χ0v) is 11.7. The molecule has 22 heavy (non-hydrogen) atoms. The Hall–Kier alpha value is -2.67. The number of rotatable bonds is 6. The molecule has 1 heterocycles. The van der Waals surface area contributed by atoms with E-state index >= 15 is 0 Å². The number of pyridine rings is 1. The highest BCUT2D eigenvalue weighted by Crippen LogP contribution is 2.11. The maximum Gasteiger partial charge on any atom is 0.320 e. The third-order valence-electron chi connectivity index (χ3n) is 2.64. The molecule has 0 radical (unpaired) electrons. The van der Waals surface area contributed by atoms with Gasteiger partial charge in [-0.3, -0.25) is 5.32 Å². The zero-order chi connectivity index (χ0) is 15.8. The van der Waals surface area contributed by atoms with E-state index in [1.165, 1.54) is 18.2 Å². The fourth-order valence-electron chi connectivity index (χ4n) is 1.62. The van der Waals surface area contributed by atoms with Crippen molar-refractivity contribution in [3.05, 3.63) is 54.5 Å². The molecule has 0 aliphatic carbocycles. The summed E-state index contributed by atoms with van der Waals surface area (Å²) in [6.45, 7) is -0.0682. The van der Waals surface area contributed by atoms with Gasteiger partial charge in [0.15, 0.2) is 0 Å². The van der Waals surface area contributed by atoms with E-state index < -0.39 is 18.0 Å². The van der Waals surface area contributed by atoms with E-state index in [0.29, 0.717) is 11.6 Å². The van der Waals surface area contributed by atoms with Crippen LogP contribution in [0.25, 0.3) is 0 Å². The summed E-state index contributed by atoms with van der Waals surface area (Å²) in [6.07, 6.45) is 0.634. The molecule has 1 atom stereocenters. The van der Waals surface area contributed by atoms with Crippen molar-refractivity contribution in [2.75, 3.05) is 18.5 Å². The number of carbonyl (C=O) groups excluding carboxylic acids is 1. The highest BCUT2D eigenvalue weighted by atomic mass is 19.1. The number of anilines is 1. The number of amides is 2. The summed E-state index contributed by atoms with van der Waals surface area (Å²) in [5, 5.41) is 14.7. The quantitative estimate of drug-likeness (QED) is 0.759. The molecule has 2 amide bonds. The van der Waals surface area contributed by atoms with Gasteiger partial charge in [0.2, 0.25) is 0 Å². The van der Waals surface area contributed by atoms with Crippen molar-refractivity contribution in [2.24, 2.45) is 0 Å². The molecule has 6 nitrogen and oxygen atoms in total. The van der Waals surface area contributed by atoms with Gasteiger partial charge in [-0.05, 0) is 24.3 Å². The van der Waals surface area contributed by atoms with Gasteiger partial charge in [-0.1, -0.05) is 12.1 Å². The fourth-order valence-corrected chi connectivity index (χ4v) is 1.62. The molecule has 0 unspecified atom stereocenters. The smallest absolute Gasteiger partial charge is 0.320 e. The van der Waals surface area contributed by atoms with Crippen molar-refractivity contribution in [3.63, 3.8) is 0 Å². The van der Waals surface area contributed by atoms with Crippen LogP contribution in [0.4, 0.5) is 15.0 Å². The average molecular weight is 305 g/mol. The number of aromatic nitrogens is 1. The van der Waals surface area contributed by atoms with E-state index in [9.17, 15) is 14.3 Å². The Bertz CT molecular complexity index is 610. The largest absolute Gasteiger partial charge is 0.491 e. The van der Waals surface area contributed by atoms with Gasteiger partial charge < -0.3 is 15.2 Å². The lowest BCUT2D eigenvalue weighted by atomic mass is 10.3. The first-order valence-corrected chi connectivity index (χ1v) is 6.66. The van der Waals surface area contributed by atoms with Gasteiger partial charge in [-0.2, -0.15) is 0 Å². The minimum absolute atomic E-state index is 0.00597. The third-order valence-corrected chi connectivity index (χ3v) is 2.64. The fraction of sp³-hybridized carbons (Fsp3) is 0.200. The Balaban J connectivity index is 1.69. The van der Waals surface area contributed by atoms with Crippen LogP contribution in [-0.2, 0) is 0 Å². The standard InChI is InChI=1S/C15H16FN3O3/c16-11-4-3-5-13(8-11)22-10-12(20)9-18-15(21)19-14-6-1-2-7-17-14/h1-8,12,20H,9-10H2,(H2,17,18,19,21)/t12-/m1/s1. The van der Waals surface area contributed by atoms with Crippen LogP contribution in [0.1, 0.15) is 0 Å². The Kier molecular flexibility index (Phi) is 5.67. The first-order valence-electron chi connectivity index (χ1n) is 6.66. The molecule has 2 rings (SSSR count). The maximum absolute atomic E-state index is 12.9. The molecule has 0 fully saturated rings. The van der Waals surface area contributed by atoms with Crippen LogP contribution in [0, 0.1) is 5.82 Å². The highest BCUT2D eigenvalue weighted by Gasteiger charge is 2.08. The summed E-state index contributed by atoms with van der Waals surface area (Å²) in [5.74, 6) is 0.308. The SMILES string of the molecule is O=C(NC[C@@H](O)COc1cccc(F)c1)Nc1ccccn1. The van der Waals surface area contributed by atoms with Crippen molar-refractivity contribution in [1.29, 1.82) is 0 Å². The number of halogens is 1. The van der Waals surface area contributed by atoms with E-state index in [-0.39, 0.29) is 13.2 Å². The molecule has 0 bridgehead atoms. The molecule has 0 aliphatic rings. The molecular weight excluding hydrogens is 289 g/mol. The van der Waals surface area contributed by atoms with Crippen LogP contribution in [-0.4, -0.2) is 35.4 Å². The zero-order valence-electron chi connectivity index (χ0n) is 11.7. The van der Waals surface area contributed by atoms with E-state index in [0.717, 1.165) is 0 Å². The summed E-state index contributed by atoms with van der Waals surface area (Å²) in [4.78, 5) is 15.5. The number of carbonyl (C=O) groups is 1. The number of aliphatic hydroxyl groups is 1. The van der Waals surface area contributed by atoms with Gasteiger partial charge in [-0.25, -0.2) is 14.2 Å². The maximum atomic E-state index is 12.9. The van der Waals surface area contributed by atoms with E-state index in [2.05, 4.69) is 15.6 Å². The Morgan fingerprint density at radius 2 is 2.18 bits per heavy atom. The minimum Gasteiger partial charge on any atom is -0.491 e. The van der Waals surface area contributed by atoms with Crippen LogP contribution in [0.3, 0.4) is 0 Å². The molecule has 1 aromatic carbocycles. The summed E-state index contributed by atoms with van der Waals surface area (Å²) >= 11 is 0. The van der Waals surface area contributed by atoms with E-state index in [1.807, 2.05) is 0 Å². The second-order valence-corrected chi connectivity index (χ2v) is 4.47. The second-order valence-electron chi connectivity index (χ2n) is 4.47. The van der Waals surface area contributed by atoms with E-state index in [1.54, 1.807) is 30.5 Å². The molecule has 7 heteroatoms. The van der Waals surface area contributed by atoms with Crippen LogP contribution in [0.15, 0.2) is 48.7 Å². The molecule has 1 aromatic heterocycles. The summed E-state index contributed by atoms with van der Waals surface area (Å²) in [6, 6.07) is 10.2. The Morgan fingerprint density at radius 3 is 2.91 bits per heavy atom. The normalized spacial score (nSPS) is 11.5. The predicted molar refractivity (Wildman–Crippen MR) is 79.2 cm³/mol. The van der Waals surface area contributed by atoms with Crippen molar-refractivity contribution >= 4 is 11.8 Å². The number of urea groups is 1. The number of hydrogen-bond acceptors (Lipinski definition) is 4. The minimum atomic E-state index is -0.919. The van der Waals surface area contributed by atoms with Crippen molar-refractivity contribution < 1.29 is 19.0 Å². The lowest BCUT2D eigenvalue weighted by Gasteiger charge is -2.13. The molecule has 0 aliphatic heterocycles. The van der Waals surface area contributed by atoms with Gasteiger partial charge >= 0.3 is 6.03 Å². The molecule has 3 N–H and O–H groups in total. The van der Waals surface area contributed by atoms with Crippen LogP contribution >= 0.6 is 0 Å². The number of ether oxygens (including phenoxy) is 1. The average Bonchev–Trinajstić information content (AvgIpc) is 2.52. The predicted octanol–water partition coefficient (Wildman–Crippen LogP) is 1.78. The summed E-state index contributed by atoms with van der Waals surface area (Å²) < 4.78 is 18.2. The van der Waals surface area contributed by atoms with Gasteiger partial charge in [0.1, 0.15) is 30.1 Å². The van der Waals surface area contributed by atoms with Crippen molar-refractivity contribution in [2.45, 2.75) is 6.10 Å². The number of benzene rings is 1. The number of hydrogen-bond donors (Lipinski definition) is 3. The lowest BCUT2D eigenvalue weighted by Crippen LogP contribution is -2.37. The van der Waals surface area contributed by atoms with Crippen molar-refractivity contribution in [3.8, 4) is 5.75 Å². The van der Waals surface area contributed by atoms with Crippen LogP contribution in [0.2, 0.25) is 0 Å². The van der Waals surface area contributed by atoms with Crippen molar-refractivity contribution in [1.82, 2.24) is 10.3 Å². The molecule has 116 valence electrons. The first-order chi connectivity index (χ1) is 10.6. The van der Waals surface area contributed by atoms with Crippen LogP contribution < -0.4 is 15.4 Å². The van der Waals surface area contributed by atoms with Crippen LogP contribution in [0.5, 0.6) is 5.75 Å². The Labute approximate surface area is 127 Å². The number of nitrogens with zero attached hydrogens (tertiary/aromatic N) is 1. The molecule has 0 saturated heterocycles. The van der Waals surface area contributed by atoms with Gasteiger partial charge in [0.25, 0.3) is 0 Å².